The number of halogens is 1. The molecular weight excluding hydrogens is 206 g/mol. The molecule has 1 aromatic carbocycles. The quantitative estimate of drug-likeness (QED) is 0.459. The Morgan fingerprint density at radius 1 is 1.64 bits per heavy atom. The maximum absolute atomic E-state index is 10.4. The van der Waals surface area contributed by atoms with E-state index in [1.54, 1.807) is 0 Å². The average Bonchev–Trinajstić information content (AvgIpc) is 2.10. The molecule has 0 radical (unpaired) electrons. The first kappa shape index (κ1) is 10.3. The molecule has 0 aliphatic carbocycles. The average molecular weight is 212 g/mol. The van der Waals surface area contributed by atoms with Crippen LogP contribution in [0.25, 0.3) is 0 Å². The Hall–Kier alpha value is -1.80. The van der Waals surface area contributed by atoms with Gasteiger partial charge in [0.15, 0.2) is 0 Å². The summed E-state index contributed by atoms with van der Waals surface area (Å²) in [6.07, 6.45) is 0.0443. The number of nitrogen functional groups attached to an aromatic ring is 1. The molecule has 0 amide bonds. The molecule has 1 rings (SSSR count). The van der Waals surface area contributed by atoms with Crippen molar-refractivity contribution in [3.05, 3.63) is 32.8 Å². The maximum Gasteiger partial charge on any atom is 0.272 e. The highest BCUT2D eigenvalue weighted by molar-refractivity contribution is 6.32. The number of hydrogen-bond acceptors (Lipinski definition) is 4. The summed E-state index contributed by atoms with van der Waals surface area (Å²) in [4.78, 5) is 9.82. The van der Waals surface area contributed by atoms with Crippen LogP contribution in [0.5, 0.6) is 0 Å². The Balaban J connectivity index is 3.26. The molecule has 0 aliphatic rings. The minimum Gasteiger partial charge on any atom is -0.398 e. The van der Waals surface area contributed by atoms with Gasteiger partial charge in [0.05, 0.1) is 22.4 Å². The lowest BCUT2D eigenvalue weighted by Crippen LogP contribution is -1.97. The van der Waals surface area contributed by atoms with Gasteiger partial charge in [-0.15, -0.1) is 0 Å². The van der Waals surface area contributed by atoms with E-state index >= 15 is 0 Å². The molecule has 0 heterocycles. The number of nitrogens with zero attached hydrogens (tertiary/aromatic N) is 2. The van der Waals surface area contributed by atoms with Crippen molar-refractivity contribution in [3.63, 3.8) is 0 Å². The maximum atomic E-state index is 10.4. The monoisotopic (exact) mass is 211 g/mol. The first-order valence-electron chi connectivity index (χ1n) is 3.65. The largest absolute Gasteiger partial charge is 0.398 e. The third-order valence-corrected chi connectivity index (χ3v) is 2.02. The molecule has 14 heavy (non-hydrogen) atoms. The highest BCUT2D eigenvalue weighted by Gasteiger charge is 2.13. The van der Waals surface area contributed by atoms with E-state index in [4.69, 9.17) is 22.6 Å². The summed E-state index contributed by atoms with van der Waals surface area (Å²) in [5.74, 6) is 0. The zero-order chi connectivity index (χ0) is 10.7. The zero-order valence-corrected chi connectivity index (χ0v) is 7.78. The van der Waals surface area contributed by atoms with Crippen molar-refractivity contribution in [2.75, 3.05) is 5.73 Å². The van der Waals surface area contributed by atoms with Crippen molar-refractivity contribution in [2.45, 2.75) is 6.42 Å². The van der Waals surface area contributed by atoms with Crippen molar-refractivity contribution < 1.29 is 4.92 Å². The van der Waals surface area contributed by atoms with E-state index in [1.807, 2.05) is 6.07 Å². The first-order valence-corrected chi connectivity index (χ1v) is 4.03. The summed E-state index contributed by atoms with van der Waals surface area (Å²) in [6, 6.07) is 4.26. The Kier molecular flexibility index (Phi) is 2.89. The van der Waals surface area contributed by atoms with Gasteiger partial charge in [-0.3, -0.25) is 10.1 Å². The molecule has 0 saturated carbocycles. The summed E-state index contributed by atoms with van der Waals surface area (Å²) >= 11 is 5.72. The van der Waals surface area contributed by atoms with Crippen LogP contribution in [0, 0.1) is 21.4 Å². The normalized spacial score (nSPS) is 9.43. The number of anilines is 1. The van der Waals surface area contributed by atoms with Gasteiger partial charge in [0, 0.05) is 23.4 Å². The second kappa shape index (κ2) is 3.94. The van der Waals surface area contributed by atoms with Crippen LogP contribution < -0.4 is 5.73 Å². The molecular formula is C8H6ClN3O2. The van der Waals surface area contributed by atoms with Gasteiger partial charge < -0.3 is 5.73 Å². The molecule has 0 saturated heterocycles. The molecule has 6 heteroatoms. The fourth-order valence-electron chi connectivity index (χ4n) is 1.01. The fourth-order valence-corrected chi connectivity index (χ4v) is 1.30. The van der Waals surface area contributed by atoms with Gasteiger partial charge >= 0.3 is 0 Å². The molecule has 0 atom stereocenters. The fraction of sp³-hybridized carbons (Fsp3) is 0.125. The van der Waals surface area contributed by atoms with Gasteiger partial charge in [0.25, 0.3) is 5.69 Å². The van der Waals surface area contributed by atoms with E-state index in [-0.39, 0.29) is 22.8 Å². The number of nitriles is 1. The van der Waals surface area contributed by atoms with Crippen molar-refractivity contribution >= 4 is 23.0 Å². The van der Waals surface area contributed by atoms with E-state index in [9.17, 15) is 10.1 Å². The van der Waals surface area contributed by atoms with Crippen LogP contribution in [0.4, 0.5) is 11.4 Å². The molecule has 0 unspecified atom stereocenters. The van der Waals surface area contributed by atoms with E-state index in [0.717, 1.165) is 0 Å². The molecule has 0 spiro atoms. The number of rotatable bonds is 2. The van der Waals surface area contributed by atoms with Gasteiger partial charge in [0.1, 0.15) is 0 Å². The Morgan fingerprint density at radius 2 is 2.29 bits per heavy atom. The molecule has 5 nitrogen and oxygen atoms in total. The number of nitro groups is 1. The van der Waals surface area contributed by atoms with Gasteiger partial charge in [0.2, 0.25) is 0 Å². The van der Waals surface area contributed by atoms with Crippen molar-refractivity contribution in [1.29, 1.82) is 5.26 Å². The second-order valence-electron chi connectivity index (χ2n) is 2.59. The van der Waals surface area contributed by atoms with Crippen LogP contribution in [0.15, 0.2) is 12.1 Å². The highest BCUT2D eigenvalue weighted by atomic mass is 35.5. The smallest absolute Gasteiger partial charge is 0.272 e. The predicted octanol–water partition coefficient (Wildman–Crippen LogP) is 1.90. The number of nitrogens with two attached hydrogens (primary N) is 1. The molecule has 2 N–H and O–H groups in total. The predicted molar refractivity (Wildman–Crippen MR) is 51.8 cm³/mol. The molecule has 72 valence electrons. The first-order chi connectivity index (χ1) is 6.56. The highest BCUT2D eigenvalue weighted by Crippen LogP contribution is 2.28. The molecule has 0 fully saturated rings. The molecule has 1 aromatic rings. The SMILES string of the molecule is N#CCc1c(N)cc([N+](=O)[O-])cc1Cl. The van der Waals surface area contributed by atoms with Crippen molar-refractivity contribution in [2.24, 2.45) is 0 Å². The van der Waals surface area contributed by atoms with Crippen LogP contribution in [-0.4, -0.2) is 4.92 Å². The van der Waals surface area contributed by atoms with Crippen LogP contribution in [0.2, 0.25) is 5.02 Å². The summed E-state index contributed by atoms with van der Waals surface area (Å²) < 4.78 is 0. The van der Waals surface area contributed by atoms with Crippen LogP contribution in [-0.2, 0) is 6.42 Å². The van der Waals surface area contributed by atoms with Gasteiger partial charge in [-0.1, -0.05) is 11.6 Å². The summed E-state index contributed by atoms with van der Waals surface area (Å²) in [7, 11) is 0. The van der Waals surface area contributed by atoms with Crippen molar-refractivity contribution in [3.8, 4) is 6.07 Å². The summed E-state index contributed by atoms with van der Waals surface area (Å²) in [6.45, 7) is 0. The van der Waals surface area contributed by atoms with Crippen LogP contribution in [0.1, 0.15) is 5.56 Å². The van der Waals surface area contributed by atoms with Gasteiger partial charge in [-0.2, -0.15) is 5.26 Å². The Morgan fingerprint density at radius 3 is 2.71 bits per heavy atom. The number of non-ortho nitro benzene ring substituents is 1. The molecule has 0 aliphatic heterocycles. The lowest BCUT2D eigenvalue weighted by atomic mass is 10.1. The molecule has 0 aromatic heterocycles. The minimum absolute atomic E-state index is 0.0443. The zero-order valence-electron chi connectivity index (χ0n) is 7.03. The number of hydrogen-bond donors (Lipinski definition) is 1. The van der Waals surface area contributed by atoms with E-state index in [0.29, 0.717) is 5.56 Å². The van der Waals surface area contributed by atoms with Crippen molar-refractivity contribution in [1.82, 2.24) is 0 Å². The Labute approximate surface area is 84.8 Å². The minimum atomic E-state index is -0.585. The topological polar surface area (TPSA) is 93.0 Å². The van der Waals surface area contributed by atoms with E-state index < -0.39 is 4.92 Å². The lowest BCUT2D eigenvalue weighted by molar-refractivity contribution is -0.384. The van der Waals surface area contributed by atoms with Gasteiger partial charge in [-0.05, 0) is 0 Å². The van der Waals surface area contributed by atoms with Crippen LogP contribution >= 0.6 is 11.6 Å². The lowest BCUT2D eigenvalue weighted by Gasteiger charge is -2.03. The van der Waals surface area contributed by atoms with Crippen LogP contribution in [0.3, 0.4) is 0 Å². The number of nitro benzene ring substituents is 1. The third-order valence-electron chi connectivity index (χ3n) is 1.68. The Bertz CT molecular complexity index is 402. The third kappa shape index (κ3) is 1.92. The summed E-state index contributed by atoms with van der Waals surface area (Å²) in [5, 5.41) is 19.0. The van der Waals surface area contributed by atoms with E-state index in [2.05, 4.69) is 0 Å². The van der Waals surface area contributed by atoms with E-state index in [1.165, 1.54) is 12.1 Å². The molecule has 0 bridgehead atoms. The standard InChI is InChI=1S/C8H6ClN3O2/c9-7-3-5(12(13)14)4-8(11)6(7)1-2-10/h3-4H,1,11H2. The number of benzene rings is 1. The van der Waals surface area contributed by atoms with Gasteiger partial charge in [-0.25, -0.2) is 0 Å². The summed E-state index contributed by atoms with van der Waals surface area (Å²) in [5.41, 5.74) is 5.94. The second-order valence-corrected chi connectivity index (χ2v) is 2.99.